The number of benzene rings is 1. The highest BCUT2D eigenvalue weighted by atomic mass is 19.3. The van der Waals surface area contributed by atoms with Crippen LogP contribution in [0.3, 0.4) is 0 Å². The molecule has 0 fully saturated rings. The number of pyridine rings is 1. The van der Waals surface area contributed by atoms with Gasteiger partial charge in [-0.3, -0.25) is 9.59 Å². The van der Waals surface area contributed by atoms with Gasteiger partial charge in [-0.15, -0.1) is 0 Å². The number of aromatic nitrogens is 1. The maximum absolute atomic E-state index is 12.3. The van der Waals surface area contributed by atoms with Crippen LogP contribution >= 0.6 is 0 Å². The summed E-state index contributed by atoms with van der Waals surface area (Å²) in [6.07, 6.45) is -0.596. The molecule has 0 aliphatic carbocycles. The third kappa shape index (κ3) is 5.95. The van der Waals surface area contributed by atoms with Crippen LogP contribution in [0.5, 0.6) is 0 Å². The Kier molecular flexibility index (Phi) is 6.56. The van der Waals surface area contributed by atoms with Crippen molar-refractivity contribution < 1.29 is 18.4 Å². The summed E-state index contributed by atoms with van der Waals surface area (Å²) in [6, 6.07) is 9.80. The topological polar surface area (TPSA) is 71.1 Å². The molecule has 1 aromatic heterocycles. The van der Waals surface area contributed by atoms with E-state index in [1.807, 2.05) is 0 Å². The Morgan fingerprint density at radius 3 is 2.68 bits per heavy atom. The van der Waals surface area contributed by atoms with Gasteiger partial charge in [-0.1, -0.05) is 19.1 Å². The van der Waals surface area contributed by atoms with Gasteiger partial charge in [0.15, 0.2) is 0 Å². The summed E-state index contributed by atoms with van der Waals surface area (Å²) in [4.78, 5) is 27.7. The van der Waals surface area contributed by atoms with E-state index in [0.717, 1.165) is 5.56 Å². The molecule has 0 unspecified atom stereocenters. The average molecular weight is 347 g/mol. The first kappa shape index (κ1) is 18.5. The number of nitrogens with one attached hydrogen (secondary N) is 2. The largest absolute Gasteiger partial charge is 0.322 e. The third-order valence-corrected chi connectivity index (χ3v) is 3.45. The van der Waals surface area contributed by atoms with Crippen molar-refractivity contribution in [3.05, 3.63) is 53.7 Å². The van der Waals surface area contributed by atoms with Crippen LogP contribution < -0.4 is 10.6 Å². The van der Waals surface area contributed by atoms with Gasteiger partial charge < -0.3 is 10.6 Å². The Hall–Kier alpha value is -2.83. The fourth-order valence-corrected chi connectivity index (χ4v) is 2.16. The van der Waals surface area contributed by atoms with Crippen molar-refractivity contribution in [2.75, 3.05) is 10.6 Å². The van der Waals surface area contributed by atoms with Crippen LogP contribution in [-0.2, 0) is 11.2 Å². The maximum Gasteiger partial charge on any atom is 0.255 e. The first-order valence-electron chi connectivity index (χ1n) is 7.92. The van der Waals surface area contributed by atoms with Crippen LogP contribution in [0.15, 0.2) is 42.6 Å². The number of alkyl halides is 2. The second-order valence-electron chi connectivity index (χ2n) is 5.42. The van der Waals surface area contributed by atoms with Gasteiger partial charge in [0.1, 0.15) is 5.82 Å². The Labute approximate surface area is 144 Å². The Morgan fingerprint density at radius 2 is 1.96 bits per heavy atom. The van der Waals surface area contributed by atoms with E-state index in [0.29, 0.717) is 23.5 Å². The standard InChI is InChI=1S/C18H19F2N3O2/c1-2-17(24)23-16-11-13(8-9-21-16)18(25)22-14-5-3-4-12(10-14)6-7-15(19)20/h3-5,8-11,15H,2,6-7H2,1H3,(H,22,25)(H,21,23,24). The number of nitrogens with zero attached hydrogens (tertiary/aromatic N) is 1. The van der Waals surface area contributed by atoms with Crippen molar-refractivity contribution in [3.8, 4) is 0 Å². The lowest BCUT2D eigenvalue weighted by atomic mass is 10.1. The fourth-order valence-electron chi connectivity index (χ4n) is 2.16. The van der Waals surface area contributed by atoms with Gasteiger partial charge in [0.05, 0.1) is 0 Å². The van der Waals surface area contributed by atoms with E-state index in [2.05, 4.69) is 15.6 Å². The minimum atomic E-state index is -2.35. The quantitative estimate of drug-likeness (QED) is 0.798. The molecule has 2 aromatic rings. The number of amides is 2. The number of hydrogen-bond donors (Lipinski definition) is 2. The molecule has 0 atom stereocenters. The van der Waals surface area contributed by atoms with E-state index in [4.69, 9.17) is 0 Å². The predicted molar refractivity (Wildman–Crippen MR) is 91.9 cm³/mol. The SMILES string of the molecule is CCC(=O)Nc1cc(C(=O)Nc2cccc(CCC(F)F)c2)ccn1. The number of hydrogen-bond acceptors (Lipinski definition) is 3. The lowest BCUT2D eigenvalue weighted by molar-refractivity contribution is -0.115. The second kappa shape index (κ2) is 8.86. The molecule has 0 aliphatic rings. The molecule has 2 amide bonds. The minimum Gasteiger partial charge on any atom is -0.322 e. The van der Waals surface area contributed by atoms with Crippen LogP contribution in [0.1, 0.15) is 35.7 Å². The molecule has 25 heavy (non-hydrogen) atoms. The van der Waals surface area contributed by atoms with Crippen LogP contribution in [0, 0.1) is 0 Å². The number of anilines is 2. The van der Waals surface area contributed by atoms with E-state index in [1.54, 1.807) is 31.2 Å². The van der Waals surface area contributed by atoms with E-state index >= 15 is 0 Å². The number of halogens is 2. The van der Waals surface area contributed by atoms with Gasteiger partial charge in [-0.05, 0) is 36.2 Å². The second-order valence-corrected chi connectivity index (χ2v) is 5.42. The maximum atomic E-state index is 12.3. The summed E-state index contributed by atoms with van der Waals surface area (Å²) in [7, 11) is 0. The minimum absolute atomic E-state index is 0.197. The molecule has 5 nitrogen and oxygen atoms in total. The number of carbonyl (C=O) groups excluding carboxylic acids is 2. The molecule has 0 aliphatic heterocycles. The summed E-state index contributed by atoms with van der Waals surface area (Å²) in [6.45, 7) is 1.72. The average Bonchev–Trinajstić information content (AvgIpc) is 2.60. The Balaban J connectivity index is 2.05. The van der Waals surface area contributed by atoms with E-state index in [9.17, 15) is 18.4 Å². The molecule has 0 bridgehead atoms. The molecular formula is C18H19F2N3O2. The lowest BCUT2D eigenvalue weighted by Crippen LogP contribution is -2.15. The molecule has 0 spiro atoms. The van der Waals surface area contributed by atoms with Crippen LogP contribution in [0.4, 0.5) is 20.3 Å². The Bertz CT molecular complexity index is 751. The highest BCUT2D eigenvalue weighted by Crippen LogP contribution is 2.16. The summed E-state index contributed by atoms with van der Waals surface area (Å²) in [5.74, 6) is -0.276. The summed E-state index contributed by atoms with van der Waals surface area (Å²) >= 11 is 0. The number of aryl methyl sites for hydroxylation is 1. The van der Waals surface area contributed by atoms with Crippen molar-refractivity contribution >= 4 is 23.3 Å². The normalized spacial score (nSPS) is 10.6. The van der Waals surface area contributed by atoms with Gasteiger partial charge >= 0.3 is 0 Å². The molecule has 7 heteroatoms. The van der Waals surface area contributed by atoms with Crippen LogP contribution in [-0.4, -0.2) is 23.2 Å². The van der Waals surface area contributed by atoms with Gasteiger partial charge in [-0.25, -0.2) is 13.8 Å². The van der Waals surface area contributed by atoms with Crippen LogP contribution in [0.25, 0.3) is 0 Å². The summed E-state index contributed by atoms with van der Waals surface area (Å²) in [5, 5.41) is 5.30. The molecule has 1 heterocycles. The molecule has 1 aromatic carbocycles. The zero-order valence-electron chi connectivity index (χ0n) is 13.8. The summed E-state index contributed by atoms with van der Waals surface area (Å²) in [5.41, 5.74) is 1.58. The van der Waals surface area contributed by atoms with Crippen molar-refractivity contribution in [2.24, 2.45) is 0 Å². The molecule has 2 rings (SSSR count). The Morgan fingerprint density at radius 1 is 1.16 bits per heavy atom. The number of carbonyl (C=O) groups is 2. The van der Waals surface area contributed by atoms with Crippen molar-refractivity contribution in [1.82, 2.24) is 4.98 Å². The molecule has 0 saturated carbocycles. The highest BCUT2D eigenvalue weighted by Gasteiger charge is 2.10. The van der Waals surface area contributed by atoms with Crippen molar-refractivity contribution in [3.63, 3.8) is 0 Å². The number of rotatable bonds is 7. The van der Waals surface area contributed by atoms with Gasteiger partial charge in [0, 0.05) is 30.3 Å². The van der Waals surface area contributed by atoms with Gasteiger partial charge in [-0.2, -0.15) is 0 Å². The first-order chi connectivity index (χ1) is 12.0. The van der Waals surface area contributed by atoms with Crippen molar-refractivity contribution in [2.45, 2.75) is 32.6 Å². The van der Waals surface area contributed by atoms with Gasteiger partial charge in [0.2, 0.25) is 12.3 Å². The van der Waals surface area contributed by atoms with E-state index in [-0.39, 0.29) is 24.7 Å². The first-order valence-corrected chi connectivity index (χ1v) is 7.92. The zero-order chi connectivity index (χ0) is 18.2. The smallest absolute Gasteiger partial charge is 0.255 e. The van der Waals surface area contributed by atoms with Crippen molar-refractivity contribution in [1.29, 1.82) is 0 Å². The fraction of sp³-hybridized carbons (Fsp3) is 0.278. The molecular weight excluding hydrogens is 328 g/mol. The zero-order valence-corrected chi connectivity index (χ0v) is 13.8. The molecule has 2 N–H and O–H groups in total. The molecule has 0 radical (unpaired) electrons. The van der Waals surface area contributed by atoms with E-state index < -0.39 is 6.43 Å². The van der Waals surface area contributed by atoms with Gasteiger partial charge in [0.25, 0.3) is 5.91 Å². The third-order valence-electron chi connectivity index (χ3n) is 3.45. The predicted octanol–water partition coefficient (Wildman–Crippen LogP) is 3.88. The molecule has 0 saturated heterocycles. The lowest BCUT2D eigenvalue weighted by Gasteiger charge is -2.09. The highest BCUT2D eigenvalue weighted by molar-refractivity contribution is 6.05. The van der Waals surface area contributed by atoms with E-state index in [1.165, 1.54) is 18.3 Å². The molecule has 132 valence electrons. The summed E-state index contributed by atoms with van der Waals surface area (Å²) < 4.78 is 24.6. The van der Waals surface area contributed by atoms with Crippen LogP contribution in [0.2, 0.25) is 0 Å². The monoisotopic (exact) mass is 347 g/mol.